The highest BCUT2D eigenvalue weighted by Crippen LogP contribution is 2.50. The van der Waals surface area contributed by atoms with Crippen molar-refractivity contribution in [2.24, 2.45) is 5.41 Å². The normalized spacial score (nSPS) is 21.4. The van der Waals surface area contributed by atoms with Crippen molar-refractivity contribution in [2.45, 2.75) is 26.2 Å². The van der Waals surface area contributed by atoms with Crippen LogP contribution in [0.2, 0.25) is 0 Å². The third kappa shape index (κ3) is 0.900. The smallest absolute Gasteiger partial charge is 0.264 e. The van der Waals surface area contributed by atoms with Crippen molar-refractivity contribution < 1.29 is 9.59 Å². The molecule has 1 amide bonds. The van der Waals surface area contributed by atoms with Crippen molar-refractivity contribution >= 4 is 17.6 Å². The molecule has 1 N–H and O–H groups in total. The van der Waals surface area contributed by atoms with Gasteiger partial charge < -0.3 is 5.32 Å². The average molecular weight is 205 g/mol. The Labute approximate surface area is 86.5 Å². The highest BCUT2D eigenvalue weighted by atomic mass is 16.2. The number of nitrogens with zero attached hydrogens (tertiary/aromatic N) is 2. The first kappa shape index (κ1) is 8.64. The maximum Gasteiger partial charge on any atom is 0.264 e. The summed E-state index contributed by atoms with van der Waals surface area (Å²) in [4.78, 5) is 23.7. The summed E-state index contributed by atoms with van der Waals surface area (Å²) in [6, 6.07) is 0. The number of amides is 1. The van der Waals surface area contributed by atoms with Crippen LogP contribution in [0.4, 0.5) is 5.82 Å². The first-order chi connectivity index (χ1) is 7.19. The van der Waals surface area contributed by atoms with E-state index in [9.17, 15) is 9.59 Å². The minimum absolute atomic E-state index is 0.157. The second kappa shape index (κ2) is 2.48. The van der Waals surface area contributed by atoms with Gasteiger partial charge in [0.15, 0.2) is 0 Å². The van der Waals surface area contributed by atoms with Crippen LogP contribution in [-0.4, -0.2) is 21.6 Å². The van der Waals surface area contributed by atoms with Crippen molar-refractivity contribution in [1.29, 1.82) is 0 Å². The molecule has 5 heteroatoms. The number of rotatable bonds is 1. The molecule has 15 heavy (non-hydrogen) atoms. The number of hydrogen-bond acceptors (Lipinski definition) is 3. The second-order valence-corrected chi connectivity index (χ2v) is 4.13. The lowest BCUT2D eigenvalue weighted by Gasteiger charge is -2.21. The van der Waals surface area contributed by atoms with Gasteiger partial charge in [-0.1, -0.05) is 6.92 Å². The van der Waals surface area contributed by atoms with Crippen LogP contribution in [0.5, 0.6) is 0 Å². The minimum atomic E-state index is -0.788. The van der Waals surface area contributed by atoms with Gasteiger partial charge in [-0.2, -0.15) is 9.78 Å². The van der Waals surface area contributed by atoms with Gasteiger partial charge in [-0.3, -0.25) is 9.59 Å². The number of hydrogen-bond donors (Lipinski definition) is 1. The van der Waals surface area contributed by atoms with Crippen LogP contribution in [0.3, 0.4) is 0 Å². The summed E-state index contributed by atoms with van der Waals surface area (Å²) in [6.07, 6.45) is 3.71. The maximum absolute atomic E-state index is 12.0. The second-order valence-electron chi connectivity index (χ2n) is 4.13. The topological polar surface area (TPSA) is 64.0 Å². The number of carbonyl (C=O) groups excluding carboxylic acids is 2. The van der Waals surface area contributed by atoms with Gasteiger partial charge >= 0.3 is 0 Å². The van der Waals surface area contributed by atoms with E-state index in [1.807, 2.05) is 6.92 Å². The lowest BCUT2D eigenvalue weighted by molar-refractivity contribution is -0.120. The van der Waals surface area contributed by atoms with Crippen molar-refractivity contribution in [3.05, 3.63) is 11.8 Å². The highest BCUT2D eigenvalue weighted by molar-refractivity contribution is 6.17. The van der Waals surface area contributed by atoms with Crippen LogP contribution in [-0.2, 0) is 11.2 Å². The molecule has 0 saturated heterocycles. The van der Waals surface area contributed by atoms with Crippen LogP contribution in [0.25, 0.3) is 0 Å². The van der Waals surface area contributed by atoms with E-state index in [2.05, 4.69) is 10.4 Å². The summed E-state index contributed by atoms with van der Waals surface area (Å²) in [5.74, 6) is 0.237. The standard InChI is InChI=1S/C10H11N3O2/c1-2-6-5-11-13-7(6)12-8(14)10(3-4-10)9(13)15/h5H,2-4H2,1H3,(H,12,14). The fourth-order valence-electron chi connectivity index (χ4n) is 2.02. The number of carbonyl (C=O) groups is 2. The Morgan fingerprint density at radius 3 is 2.87 bits per heavy atom. The van der Waals surface area contributed by atoms with Gasteiger partial charge in [0, 0.05) is 5.56 Å². The van der Waals surface area contributed by atoms with Crippen LogP contribution in [0.15, 0.2) is 6.20 Å². The Morgan fingerprint density at radius 1 is 1.53 bits per heavy atom. The predicted molar refractivity (Wildman–Crippen MR) is 52.5 cm³/mol. The average Bonchev–Trinajstić information content (AvgIpc) is 2.93. The van der Waals surface area contributed by atoms with E-state index in [-0.39, 0.29) is 11.8 Å². The molecule has 2 heterocycles. The number of fused-ring (bicyclic) bond motifs is 1. The molecule has 1 spiro atoms. The first-order valence-electron chi connectivity index (χ1n) is 5.12. The SMILES string of the molecule is CCc1cnn2c1NC(=O)C1(CC1)C2=O. The summed E-state index contributed by atoms with van der Waals surface area (Å²) in [7, 11) is 0. The van der Waals surface area contributed by atoms with Gasteiger partial charge in [-0.15, -0.1) is 0 Å². The monoisotopic (exact) mass is 205 g/mol. The maximum atomic E-state index is 12.0. The zero-order chi connectivity index (χ0) is 10.6. The van der Waals surface area contributed by atoms with Gasteiger partial charge in [0.25, 0.3) is 5.91 Å². The van der Waals surface area contributed by atoms with Crippen molar-refractivity contribution in [3.8, 4) is 0 Å². The van der Waals surface area contributed by atoms with Crippen molar-refractivity contribution in [1.82, 2.24) is 9.78 Å². The highest BCUT2D eigenvalue weighted by Gasteiger charge is 2.60. The van der Waals surface area contributed by atoms with Crippen LogP contribution in [0, 0.1) is 5.41 Å². The van der Waals surface area contributed by atoms with Crippen molar-refractivity contribution in [2.75, 3.05) is 5.32 Å². The fourth-order valence-corrected chi connectivity index (χ4v) is 2.02. The molecular formula is C10H11N3O2. The molecule has 1 aromatic heterocycles. The lowest BCUT2D eigenvalue weighted by Crippen LogP contribution is -2.41. The van der Waals surface area contributed by atoms with E-state index < -0.39 is 5.41 Å². The molecule has 2 aliphatic rings. The number of anilines is 1. The van der Waals surface area contributed by atoms with Gasteiger partial charge in [0.2, 0.25) is 5.91 Å². The first-order valence-corrected chi connectivity index (χ1v) is 5.12. The van der Waals surface area contributed by atoms with E-state index in [0.717, 1.165) is 12.0 Å². The molecule has 5 nitrogen and oxygen atoms in total. The third-order valence-corrected chi connectivity index (χ3v) is 3.24. The van der Waals surface area contributed by atoms with E-state index in [4.69, 9.17) is 0 Å². The molecule has 0 atom stereocenters. The predicted octanol–water partition coefficient (Wildman–Crippen LogP) is 0.818. The third-order valence-electron chi connectivity index (χ3n) is 3.24. The summed E-state index contributed by atoms with van der Waals surface area (Å²) in [5.41, 5.74) is 0.122. The van der Waals surface area contributed by atoms with Crippen LogP contribution >= 0.6 is 0 Å². The number of nitrogens with one attached hydrogen (secondary N) is 1. The van der Waals surface area contributed by atoms with E-state index >= 15 is 0 Å². The summed E-state index contributed by atoms with van der Waals surface area (Å²) in [6.45, 7) is 1.97. The molecule has 1 saturated carbocycles. The molecule has 0 unspecified atom stereocenters. The lowest BCUT2D eigenvalue weighted by atomic mass is 10.0. The molecule has 1 aliphatic carbocycles. The molecule has 3 rings (SSSR count). The Balaban J connectivity index is 2.15. The molecule has 1 fully saturated rings. The fraction of sp³-hybridized carbons (Fsp3) is 0.500. The van der Waals surface area contributed by atoms with E-state index in [0.29, 0.717) is 18.7 Å². The zero-order valence-electron chi connectivity index (χ0n) is 8.41. The molecule has 0 radical (unpaired) electrons. The Bertz CT molecular complexity index is 471. The minimum Gasteiger partial charge on any atom is -0.309 e. The molecule has 1 aliphatic heterocycles. The summed E-state index contributed by atoms with van der Waals surface area (Å²) < 4.78 is 1.34. The Morgan fingerprint density at radius 2 is 2.27 bits per heavy atom. The Kier molecular flexibility index (Phi) is 1.43. The van der Waals surface area contributed by atoms with E-state index in [1.54, 1.807) is 6.20 Å². The Hall–Kier alpha value is -1.65. The van der Waals surface area contributed by atoms with Crippen LogP contribution in [0.1, 0.15) is 30.1 Å². The number of aryl methyl sites for hydroxylation is 1. The van der Waals surface area contributed by atoms with Gasteiger partial charge in [0.1, 0.15) is 11.2 Å². The molecule has 78 valence electrons. The largest absolute Gasteiger partial charge is 0.309 e. The summed E-state index contributed by atoms with van der Waals surface area (Å²) in [5, 5.41) is 6.81. The van der Waals surface area contributed by atoms with Gasteiger partial charge in [-0.05, 0) is 19.3 Å². The quantitative estimate of drug-likeness (QED) is 0.690. The molecular weight excluding hydrogens is 194 g/mol. The van der Waals surface area contributed by atoms with Crippen LogP contribution < -0.4 is 5.32 Å². The molecule has 0 bridgehead atoms. The summed E-state index contributed by atoms with van der Waals surface area (Å²) >= 11 is 0. The van der Waals surface area contributed by atoms with Gasteiger partial charge in [0.05, 0.1) is 6.20 Å². The van der Waals surface area contributed by atoms with Gasteiger partial charge in [-0.25, -0.2) is 0 Å². The molecule has 0 aromatic carbocycles. The number of aromatic nitrogens is 2. The zero-order valence-corrected chi connectivity index (χ0v) is 8.41. The molecule has 1 aromatic rings. The van der Waals surface area contributed by atoms with E-state index in [1.165, 1.54) is 4.68 Å². The van der Waals surface area contributed by atoms with Crippen molar-refractivity contribution in [3.63, 3.8) is 0 Å².